The standard InChI is InChI=1S/C15H23NO/c1-13(6-5-11-16-15-9-10-15)17-12-14-7-3-2-4-8-14/h2-4,7-8,13,15-16H,5-6,9-12H2,1H3. The van der Waals surface area contributed by atoms with Crippen molar-refractivity contribution in [3.63, 3.8) is 0 Å². The van der Waals surface area contributed by atoms with E-state index < -0.39 is 0 Å². The molecule has 1 aliphatic carbocycles. The summed E-state index contributed by atoms with van der Waals surface area (Å²) in [4.78, 5) is 0. The Kier molecular flexibility index (Phi) is 5.02. The molecule has 2 heteroatoms. The number of ether oxygens (including phenoxy) is 1. The van der Waals surface area contributed by atoms with Gasteiger partial charge in [0, 0.05) is 6.04 Å². The highest BCUT2D eigenvalue weighted by molar-refractivity contribution is 5.13. The van der Waals surface area contributed by atoms with Crippen LogP contribution in [-0.4, -0.2) is 18.7 Å². The third kappa shape index (κ3) is 5.33. The summed E-state index contributed by atoms with van der Waals surface area (Å²) in [5.41, 5.74) is 1.26. The zero-order chi connectivity index (χ0) is 11.9. The summed E-state index contributed by atoms with van der Waals surface area (Å²) in [6, 6.07) is 11.2. The maximum atomic E-state index is 5.82. The zero-order valence-corrected chi connectivity index (χ0v) is 10.7. The Morgan fingerprint density at radius 1 is 1.29 bits per heavy atom. The van der Waals surface area contributed by atoms with E-state index in [1.807, 2.05) is 6.07 Å². The SMILES string of the molecule is CC(CCCNC1CC1)OCc1ccccc1. The third-order valence-electron chi connectivity index (χ3n) is 3.18. The van der Waals surface area contributed by atoms with Crippen LogP contribution in [0.4, 0.5) is 0 Å². The largest absolute Gasteiger partial charge is 0.374 e. The van der Waals surface area contributed by atoms with E-state index in [1.165, 1.54) is 24.8 Å². The van der Waals surface area contributed by atoms with Gasteiger partial charge in [-0.2, -0.15) is 0 Å². The summed E-state index contributed by atoms with van der Waals surface area (Å²) in [7, 11) is 0. The van der Waals surface area contributed by atoms with E-state index in [2.05, 4.69) is 36.5 Å². The fourth-order valence-electron chi connectivity index (χ4n) is 1.88. The first-order chi connectivity index (χ1) is 8.34. The number of rotatable bonds is 8. The average molecular weight is 233 g/mol. The maximum absolute atomic E-state index is 5.82. The lowest BCUT2D eigenvalue weighted by Crippen LogP contribution is -2.19. The van der Waals surface area contributed by atoms with Crippen molar-refractivity contribution >= 4 is 0 Å². The molecule has 1 aromatic carbocycles. The van der Waals surface area contributed by atoms with E-state index in [0.29, 0.717) is 6.10 Å². The number of benzene rings is 1. The van der Waals surface area contributed by atoms with Crippen molar-refractivity contribution in [3.8, 4) is 0 Å². The molecular weight excluding hydrogens is 210 g/mol. The van der Waals surface area contributed by atoms with Crippen molar-refractivity contribution in [3.05, 3.63) is 35.9 Å². The highest BCUT2D eigenvalue weighted by Gasteiger charge is 2.19. The normalized spacial score (nSPS) is 17.0. The molecule has 0 aromatic heterocycles. The molecule has 1 saturated carbocycles. The molecule has 0 aliphatic heterocycles. The molecule has 1 unspecified atom stereocenters. The fraction of sp³-hybridized carbons (Fsp3) is 0.600. The second-order valence-electron chi connectivity index (χ2n) is 4.98. The smallest absolute Gasteiger partial charge is 0.0720 e. The molecule has 1 fully saturated rings. The molecule has 2 rings (SSSR count). The second kappa shape index (κ2) is 6.77. The van der Waals surface area contributed by atoms with Crippen molar-refractivity contribution in [2.24, 2.45) is 0 Å². The van der Waals surface area contributed by atoms with E-state index in [1.54, 1.807) is 0 Å². The van der Waals surface area contributed by atoms with Gasteiger partial charge in [-0.25, -0.2) is 0 Å². The number of hydrogen-bond donors (Lipinski definition) is 1. The highest BCUT2D eigenvalue weighted by atomic mass is 16.5. The fourth-order valence-corrected chi connectivity index (χ4v) is 1.88. The molecule has 0 bridgehead atoms. The van der Waals surface area contributed by atoms with E-state index in [0.717, 1.165) is 25.6 Å². The van der Waals surface area contributed by atoms with Crippen molar-refractivity contribution in [1.82, 2.24) is 5.32 Å². The van der Waals surface area contributed by atoms with Crippen LogP contribution in [0.1, 0.15) is 38.2 Å². The summed E-state index contributed by atoms with van der Waals surface area (Å²) in [5, 5.41) is 3.53. The van der Waals surface area contributed by atoms with Crippen LogP contribution in [-0.2, 0) is 11.3 Å². The Bertz CT molecular complexity index is 308. The Morgan fingerprint density at radius 2 is 2.06 bits per heavy atom. The van der Waals surface area contributed by atoms with Gasteiger partial charge in [-0.05, 0) is 44.7 Å². The molecule has 0 spiro atoms. The number of hydrogen-bond acceptors (Lipinski definition) is 2. The van der Waals surface area contributed by atoms with E-state index in [4.69, 9.17) is 4.74 Å². The Labute approximate surface area is 104 Å². The lowest BCUT2D eigenvalue weighted by Gasteiger charge is -2.13. The Balaban J connectivity index is 1.52. The zero-order valence-electron chi connectivity index (χ0n) is 10.7. The van der Waals surface area contributed by atoms with Crippen molar-refractivity contribution in [2.75, 3.05) is 6.54 Å². The quantitative estimate of drug-likeness (QED) is 0.697. The average Bonchev–Trinajstić information content (AvgIpc) is 3.17. The minimum Gasteiger partial charge on any atom is -0.374 e. The summed E-state index contributed by atoms with van der Waals surface area (Å²) in [6.07, 6.45) is 5.47. The predicted molar refractivity (Wildman–Crippen MR) is 71.0 cm³/mol. The van der Waals surface area contributed by atoms with Gasteiger partial charge in [0.05, 0.1) is 12.7 Å². The molecule has 1 aromatic rings. The van der Waals surface area contributed by atoms with Crippen LogP contribution < -0.4 is 5.32 Å². The van der Waals surface area contributed by atoms with Gasteiger partial charge in [-0.15, -0.1) is 0 Å². The molecule has 0 radical (unpaired) electrons. The van der Waals surface area contributed by atoms with Crippen LogP contribution in [0, 0.1) is 0 Å². The molecule has 0 saturated heterocycles. The molecular formula is C15H23NO. The van der Waals surface area contributed by atoms with Crippen LogP contribution in [0.25, 0.3) is 0 Å². The van der Waals surface area contributed by atoms with Crippen LogP contribution in [0.15, 0.2) is 30.3 Å². The van der Waals surface area contributed by atoms with Crippen molar-refractivity contribution in [2.45, 2.75) is 51.4 Å². The first kappa shape index (κ1) is 12.6. The minimum atomic E-state index is 0.358. The van der Waals surface area contributed by atoms with Gasteiger partial charge in [0.15, 0.2) is 0 Å². The molecule has 1 N–H and O–H groups in total. The van der Waals surface area contributed by atoms with Gasteiger partial charge in [0.2, 0.25) is 0 Å². The molecule has 0 amide bonds. The van der Waals surface area contributed by atoms with Gasteiger partial charge in [0.1, 0.15) is 0 Å². The minimum absolute atomic E-state index is 0.358. The lowest BCUT2D eigenvalue weighted by atomic mass is 10.2. The maximum Gasteiger partial charge on any atom is 0.0720 e. The first-order valence-corrected chi connectivity index (χ1v) is 6.73. The van der Waals surface area contributed by atoms with E-state index in [9.17, 15) is 0 Å². The summed E-state index contributed by atoms with van der Waals surface area (Å²) in [6.45, 7) is 4.04. The molecule has 1 atom stereocenters. The van der Waals surface area contributed by atoms with Crippen LogP contribution in [0.3, 0.4) is 0 Å². The highest BCUT2D eigenvalue weighted by Crippen LogP contribution is 2.18. The van der Waals surface area contributed by atoms with Gasteiger partial charge < -0.3 is 10.1 Å². The van der Waals surface area contributed by atoms with E-state index >= 15 is 0 Å². The second-order valence-corrected chi connectivity index (χ2v) is 4.98. The summed E-state index contributed by atoms with van der Waals surface area (Å²) in [5.74, 6) is 0. The Morgan fingerprint density at radius 3 is 2.76 bits per heavy atom. The topological polar surface area (TPSA) is 21.3 Å². The van der Waals surface area contributed by atoms with Crippen LogP contribution >= 0.6 is 0 Å². The van der Waals surface area contributed by atoms with E-state index in [-0.39, 0.29) is 0 Å². The third-order valence-corrected chi connectivity index (χ3v) is 3.18. The van der Waals surface area contributed by atoms with Crippen LogP contribution in [0.2, 0.25) is 0 Å². The van der Waals surface area contributed by atoms with Crippen LogP contribution in [0.5, 0.6) is 0 Å². The first-order valence-electron chi connectivity index (χ1n) is 6.73. The van der Waals surface area contributed by atoms with Gasteiger partial charge >= 0.3 is 0 Å². The lowest BCUT2D eigenvalue weighted by molar-refractivity contribution is 0.0463. The number of nitrogens with one attached hydrogen (secondary N) is 1. The van der Waals surface area contributed by atoms with Gasteiger partial charge in [0.25, 0.3) is 0 Å². The summed E-state index contributed by atoms with van der Waals surface area (Å²) >= 11 is 0. The monoisotopic (exact) mass is 233 g/mol. The molecule has 94 valence electrons. The molecule has 0 heterocycles. The van der Waals surface area contributed by atoms with Crippen molar-refractivity contribution in [1.29, 1.82) is 0 Å². The van der Waals surface area contributed by atoms with Crippen molar-refractivity contribution < 1.29 is 4.74 Å². The molecule has 1 aliphatic rings. The predicted octanol–water partition coefficient (Wildman–Crippen LogP) is 3.12. The molecule has 17 heavy (non-hydrogen) atoms. The summed E-state index contributed by atoms with van der Waals surface area (Å²) < 4.78 is 5.82. The van der Waals surface area contributed by atoms with Gasteiger partial charge in [-0.3, -0.25) is 0 Å². The Hall–Kier alpha value is -0.860. The van der Waals surface area contributed by atoms with Gasteiger partial charge in [-0.1, -0.05) is 30.3 Å². The molecule has 2 nitrogen and oxygen atoms in total.